The van der Waals surface area contributed by atoms with Crippen molar-refractivity contribution in [3.63, 3.8) is 0 Å². The molecule has 16 nitrogen and oxygen atoms in total. The monoisotopic (exact) mass is 1410 g/mol. The highest BCUT2D eigenvalue weighted by atomic mass is 16.5. The third-order valence-corrected chi connectivity index (χ3v) is 17.8. The van der Waals surface area contributed by atoms with E-state index in [1.165, 1.54) is 0 Å². The quantitative estimate of drug-likeness (QED) is 0.0465. The van der Waals surface area contributed by atoms with Gasteiger partial charge in [0.15, 0.2) is 0 Å². The average molecular weight is 1410 g/mol. The van der Waals surface area contributed by atoms with Crippen molar-refractivity contribution in [2.45, 2.75) is 37.8 Å². The van der Waals surface area contributed by atoms with E-state index < -0.39 is 28.9 Å². The number of benzene rings is 12. The normalized spacial score (nSPS) is 10.8. The fraction of sp³-hybridized carbons (Fsp3) is 0.0659. The number of carboxylic acid groups (broad SMARTS) is 1. The minimum absolute atomic E-state index is 0.346. The highest BCUT2D eigenvalue weighted by Gasteiger charge is 2.40. The van der Waals surface area contributed by atoms with Gasteiger partial charge in [-0.1, -0.05) is 255 Å². The number of rotatable bonds is 22. The lowest BCUT2D eigenvalue weighted by Gasteiger charge is -2.37. The summed E-state index contributed by atoms with van der Waals surface area (Å²) < 4.78 is 22.8. The number of aromatic nitrogens is 6. The molecule has 0 bridgehead atoms. The third-order valence-electron chi connectivity index (χ3n) is 17.8. The molecule has 0 aliphatic rings. The first-order valence-corrected chi connectivity index (χ1v) is 34.5. The average Bonchev–Trinajstić information content (AvgIpc) is 1.73. The van der Waals surface area contributed by atoms with Crippen LogP contribution in [0.2, 0.25) is 0 Å². The van der Waals surface area contributed by atoms with E-state index in [-0.39, 0.29) is 0 Å². The zero-order chi connectivity index (χ0) is 74.2. The van der Waals surface area contributed by atoms with E-state index in [4.69, 9.17) is 50.8 Å². The number of aromatic amines is 1. The second kappa shape index (κ2) is 35.0. The number of amides is 2. The molecule has 15 rings (SSSR count). The van der Waals surface area contributed by atoms with Gasteiger partial charge in [0.05, 0.1) is 53.9 Å². The molecule has 0 atom stereocenters. The van der Waals surface area contributed by atoms with Crippen LogP contribution in [0.15, 0.2) is 365 Å². The summed E-state index contributed by atoms with van der Waals surface area (Å²) >= 11 is 0. The second-order valence-electron chi connectivity index (χ2n) is 24.7. The number of aliphatic carboxylic acids is 1. The minimum Gasteiger partial charge on any atom is -0.488 e. The lowest BCUT2D eigenvalue weighted by molar-refractivity contribution is -0.134. The Morgan fingerprint density at radius 3 is 0.981 bits per heavy atom. The predicted octanol–water partition coefficient (Wildman–Crippen LogP) is 17.8. The van der Waals surface area contributed by atoms with Crippen LogP contribution in [-0.4, -0.2) is 52.0 Å². The maximum atomic E-state index is 11.4. The fourth-order valence-corrected chi connectivity index (χ4v) is 12.8. The number of ether oxygens (including phenoxy) is 3. The number of carboxylic acids is 1. The molecule has 0 spiro atoms. The summed E-state index contributed by atoms with van der Waals surface area (Å²) in [5, 5.41) is 16.5. The first-order chi connectivity index (χ1) is 52.4. The van der Waals surface area contributed by atoms with E-state index in [9.17, 15) is 9.59 Å². The van der Waals surface area contributed by atoms with E-state index in [1.54, 1.807) is 36.8 Å². The second-order valence-corrected chi connectivity index (χ2v) is 24.7. The summed E-state index contributed by atoms with van der Waals surface area (Å²) in [6.07, 6.45) is 11.4. The van der Waals surface area contributed by atoms with Crippen molar-refractivity contribution in [2.24, 2.45) is 11.5 Å². The molecule has 0 saturated heterocycles. The van der Waals surface area contributed by atoms with Crippen molar-refractivity contribution in [1.29, 1.82) is 5.26 Å². The molecule has 526 valence electrons. The van der Waals surface area contributed by atoms with Gasteiger partial charge in [0, 0.05) is 47.1 Å². The molecule has 2 amide bonds. The molecule has 0 aliphatic carbocycles. The summed E-state index contributed by atoms with van der Waals surface area (Å²) in [4.78, 5) is 48.4. The van der Waals surface area contributed by atoms with Crippen molar-refractivity contribution in [3.05, 3.63) is 432 Å². The van der Waals surface area contributed by atoms with Crippen LogP contribution in [0.25, 0.3) is 33.8 Å². The summed E-state index contributed by atoms with van der Waals surface area (Å²) in [6.45, 7) is 2.23. The van der Waals surface area contributed by atoms with Crippen LogP contribution in [-0.2, 0) is 35.7 Å². The molecule has 0 radical (unpaired) electrons. The first-order valence-electron chi connectivity index (χ1n) is 34.5. The molecular weight excluding hydrogens is 1330 g/mol. The van der Waals surface area contributed by atoms with Gasteiger partial charge in [0.25, 0.3) is 5.97 Å². The molecule has 107 heavy (non-hydrogen) atoms. The largest absolute Gasteiger partial charge is 0.488 e. The van der Waals surface area contributed by atoms with Gasteiger partial charge in [-0.2, -0.15) is 5.26 Å². The van der Waals surface area contributed by atoms with Crippen molar-refractivity contribution in [2.75, 3.05) is 0 Å². The van der Waals surface area contributed by atoms with Gasteiger partial charge in [-0.05, 0) is 123 Å². The number of hydrogen-bond donors (Lipinski definition) is 4. The number of primary amides is 2. The smallest absolute Gasteiger partial charge is 0.300 e. The van der Waals surface area contributed by atoms with Gasteiger partial charge in [0.2, 0.25) is 11.8 Å². The van der Waals surface area contributed by atoms with Crippen molar-refractivity contribution >= 4 is 17.8 Å². The summed E-state index contributed by atoms with van der Waals surface area (Å²) in [5.74, 6) is 0.530. The molecule has 0 saturated carbocycles. The maximum Gasteiger partial charge on any atom is 0.300 e. The Bertz CT molecular complexity index is 5190. The number of nitrogens with two attached hydrogens (primary N) is 2. The number of nitrogens with one attached hydrogen (secondary N) is 1. The van der Waals surface area contributed by atoms with E-state index >= 15 is 0 Å². The van der Waals surface area contributed by atoms with Crippen LogP contribution in [0.1, 0.15) is 83.3 Å². The SMILES string of the molecule is CC(=O)O.N#Cc1ccc(COc2ccccc2-c2cn(C(c3ccccc3)(c3ccccc3)c3ccccc3)cn2)cc1.NC(=O)c1ccc(COc2ccccc2-c2cn(C(c3ccccc3)(c3ccccc3)c3ccccc3)cn2)cc1.NC(=O)c1ccc(COc2ccccc2-c2cnc[nH]2)cc1. The fourth-order valence-electron chi connectivity index (χ4n) is 12.8. The molecule has 3 aromatic heterocycles. The molecular formula is C91H75N9O7. The number of nitriles is 1. The van der Waals surface area contributed by atoms with Crippen LogP contribution in [0, 0.1) is 11.3 Å². The number of nitrogens with zero attached hydrogens (tertiary/aromatic N) is 6. The van der Waals surface area contributed by atoms with Gasteiger partial charge >= 0.3 is 0 Å². The maximum absolute atomic E-state index is 11.4. The number of imidazole rings is 3. The van der Waals surface area contributed by atoms with Crippen LogP contribution in [0.3, 0.4) is 0 Å². The van der Waals surface area contributed by atoms with Gasteiger partial charge in [-0.15, -0.1) is 0 Å². The molecule has 0 unspecified atom stereocenters. The Labute approximate surface area is 620 Å². The predicted molar refractivity (Wildman–Crippen MR) is 416 cm³/mol. The molecule has 3 heterocycles. The van der Waals surface area contributed by atoms with Gasteiger partial charge in [0.1, 0.15) is 48.1 Å². The van der Waals surface area contributed by atoms with E-state index in [2.05, 4.69) is 183 Å². The van der Waals surface area contributed by atoms with Gasteiger partial charge in [-0.25, -0.2) is 15.0 Å². The molecule has 6 N–H and O–H groups in total. The Hall–Kier alpha value is -14.4. The topological polar surface area (TPSA) is 239 Å². The summed E-state index contributed by atoms with van der Waals surface area (Å²) in [7, 11) is 0. The third kappa shape index (κ3) is 17.2. The van der Waals surface area contributed by atoms with Gasteiger partial charge < -0.3 is 44.9 Å². The number of para-hydroxylation sites is 3. The first kappa shape index (κ1) is 72.4. The lowest BCUT2D eigenvalue weighted by atomic mass is 9.77. The minimum atomic E-state index is -0.833. The standard InChI is InChI=1S/C36H29N3O2.C36H27N3O.C17H15N3O2.C2H4O2/c37-35(40)28-22-20-27(21-23-28)25-41-34-19-11-10-18-32(34)33-24-39(26-38-33)36(29-12-4-1-5-13-29,30-14-6-2-7-15-30)31-16-8-3-9-17-31;37-24-28-20-22-29(23-21-28)26-40-35-19-11-10-18-33(35)34-25-39(27-38-34)36(30-12-4-1-5-13-30,31-14-6-2-7-15-31)32-16-8-3-9-17-32;18-17(21)13-7-5-12(6-8-13)10-22-16-4-2-1-3-14(16)15-9-19-11-20-15;1-2(3)4/h1-24,26H,25H2,(H2,37,40);1-23,25,27H,26H2;1-9,11H,10H2,(H2,18,21)(H,19,20);1H3,(H,3,4). The molecule has 0 fully saturated rings. The lowest BCUT2D eigenvalue weighted by Crippen LogP contribution is -2.36. The highest BCUT2D eigenvalue weighted by Crippen LogP contribution is 2.44. The van der Waals surface area contributed by atoms with Crippen molar-refractivity contribution in [1.82, 2.24) is 29.1 Å². The van der Waals surface area contributed by atoms with Crippen molar-refractivity contribution < 1.29 is 33.7 Å². The van der Waals surface area contributed by atoms with Crippen LogP contribution < -0.4 is 25.7 Å². The number of hydrogen-bond acceptors (Lipinski definition) is 10. The van der Waals surface area contributed by atoms with E-state index in [0.29, 0.717) is 36.5 Å². The number of carbonyl (C=O) groups excluding carboxylic acids is 2. The van der Waals surface area contributed by atoms with Crippen LogP contribution in [0.4, 0.5) is 0 Å². The zero-order valence-electron chi connectivity index (χ0n) is 58.5. The van der Waals surface area contributed by atoms with Gasteiger partial charge in [-0.3, -0.25) is 14.4 Å². The van der Waals surface area contributed by atoms with E-state index in [1.807, 2.05) is 170 Å². The Balaban J connectivity index is 0.000000153. The summed E-state index contributed by atoms with van der Waals surface area (Å²) in [6, 6.07) is 111. The number of H-pyrrole nitrogens is 1. The molecule has 16 heteroatoms. The number of carbonyl (C=O) groups is 3. The van der Waals surface area contributed by atoms with Crippen LogP contribution >= 0.6 is 0 Å². The van der Waals surface area contributed by atoms with Crippen molar-refractivity contribution in [3.8, 4) is 57.1 Å². The Morgan fingerprint density at radius 1 is 0.411 bits per heavy atom. The molecule has 15 aromatic rings. The van der Waals surface area contributed by atoms with E-state index in [0.717, 1.165) is 108 Å². The molecule has 12 aromatic carbocycles. The summed E-state index contributed by atoms with van der Waals surface area (Å²) in [5.41, 5.74) is 25.9. The Kier molecular flexibility index (Phi) is 23.6. The molecule has 0 aliphatic heterocycles. The highest BCUT2D eigenvalue weighted by molar-refractivity contribution is 5.93. The van der Waals surface area contributed by atoms with Crippen LogP contribution in [0.5, 0.6) is 17.2 Å². The Morgan fingerprint density at radius 2 is 0.692 bits per heavy atom. The zero-order valence-corrected chi connectivity index (χ0v) is 58.5.